The molecule has 3 aromatic rings. The maximum Gasteiger partial charge on any atom is 0.354 e. The van der Waals surface area contributed by atoms with Crippen LogP contribution in [0, 0.1) is 13.8 Å². The zero-order chi connectivity index (χ0) is 18.8. The van der Waals surface area contributed by atoms with Gasteiger partial charge in [0.05, 0.1) is 17.3 Å². The summed E-state index contributed by atoms with van der Waals surface area (Å²) in [6.45, 7) is 6.13. The number of carbonyl (C=O) groups is 2. The Morgan fingerprint density at radius 2 is 1.81 bits per heavy atom. The minimum Gasteiger partial charge on any atom is -0.464 e. The van der Waals surface area contributed by atoms with Crippen molar-refractivity contribution in [2.75, 3.05) is 12.4 Å². The van der Waals surface area contributed by atoms with Gasteiger partial charge in [0.1, 0.15) is 12.2 Å². The Bertz CT molecular complexity index is 964. The van der Waals surface area contributed by atoms with Crippen LogP contribution in [0.5, 0.6) is 0 Å². The van der Waals surface area contributed by atoms with Crippen molar-refractivity contribution >= 4 is 39.1 Å². The molecule has 0 spiro atoms. The molecule has 0 aliphatic carbocycles. The number of nitrogens with one attached hydrogen (secondary N) is 1. The number of rotatable bonds is 5. The second kappa shape index (κ2) is 7.33. The number of anilines is 1. The Morgan fingerprint density at radius 1 is 1.12 bits per heavy atom. The Labute approximate surface area is 156 Å². The molecule has 1 amide bonds. The molecule has 0 atom stereocenters. The first-order chi connectivity index (χ1) is 12.4. The lowest BCUT2D eigenvalue weighted by atomic mass is 10.1. The van der Waals surface area contributed by atoms with E-state index in [1.54, 1.807) is 22.0 Å². The summed E-state index contributed by atoms with van der Waals surface area (Å²) >= 11 is 1.63. The summed E-state index contributed by atoms with van der Waals surface area (Å²) in [4.78, 5) is 25.9. The number of carbonyl (C=O) groups excluding carboxylic acids is 2. The minimum atomic E-state index is -0.439. The highest BCUT2D eigenvalue weighted by Gasteiger charge is 2.20. The highest BCUT2D eigenvalue weighted by Crippen LogP contribution is 2.30. The average molecular weight is 370 g/mol. The number of methoxy groups -OCH3 is 1. The molecular formula is C20H22N2O3S. The summed E-state index contributed by atoms with van der Waals surface area (Å²) in [6.07, 6.45) is 0.918. The Kier molecular flexibility index (Phi) is 5.13. The third-order valence-corrected chi connectivity index (χ3v) is 5.41. The lowest BCUT2D eigenvalue weighted by Gasteiger charge is -2.11. The second-order valence-electron chi connectivity index (χ2n) is 6.35. The van der Waals surface area contributed by atoms with E-state index in [1.807, 2.05) is 32.0 Å². The highest BCUT2D eigenvalue weighted by atomic mass is 32.1. The molecule has 1 aromatic carbocycles. The van der Waals surface area contributed by atoms with Crippen LogP contribution in [0.4, 0.5) is 5.69 Å². The zero-order valence-electron chi connectivity index (χ0n) is 15.4. The predicted octanol–water partition coefficient (Wildman–Crippen LogP) is 4.31. The van der Waals surface area contributed by atoms with E-state index in [9.17, 15) is 9.59 Å². The topological polar surface area (TPSA) is 60.3 Å². The predicted molar refractivity (Wildman–Crippen MR) is 105 cm³/mol. The largest absolute Gasteiger partial charge is 0.464 e. The van der Waals surface area contributed by atoms with Gasteiger partial charge in [-0.25, -0.2) is 4.79 Å². The Morgan fingerprint density at radius 3 is 2.42 bits per heavy atom. The van der Waals surface area contributed by atoms with Crippen molar-refractivity contribution in [1.82, 2.24) is 4.57 Å². The van der Waals surface area contributed by atoms with Gasteiger partial charge in [-0.15, -0.1) is 11.3 Å². The minimum absolute atomic E-state index is 0.0564. The number of fused-ring (bicyclic) bond motifs is 1. The highest BCUT2D eigenvalue weighted by molar-refractivity contribution is 7.19. The number of aromatic nitrogens is 1. The van der Waals surface area contributed by atoms with Gasteiger partial charge in [0, 0.05) is 10.6 Å². The van der Waals surface area contributed by atoms with E-state index in [1.165, 1.54) is 12.0 Å². The monoisotopic (exact) mass is 370 g/mol. The molecule has 2 heterocycles. The summed E-state index contributed by atoms with van der Waals surface area (Å²) in [5, 5.41) is 2.92. The van der Waals surface area contributed by atoms with Gasteiger partial charge in [-0.3, -0.25) is 4.79 Å². The molecule has 5 nitrogen and oxygen atoms in total. The Balaban J connectivity index is 1.91. The van der Waals surface area contributed by atoms with Gasteiger partial charge in [0.15, 0.2) is 0 Å². The van der Waals surface area contributed by atoms with Gasteiger partial charge in [0.25, 0.3) is 0 Å². The van der Waals surface area contributed by atoms with Crippen molar-refractivity contribution in [2.24, 2.45) is 0 Å². The standard InChI is InChI=1S/C20H22N2O3S/c1-5-15-9-16-18(26-15)10-17(20(24)25-4)22(16)11-19(23)21-14-7-12(2)6-13(3)8-14/h6-10H,5,11H2,1-4H3,(H,21,23). The molecule has 0 aliphatic rings. The van der Waals surface area contributed by atoms with Crippen LogP contribution in [0.1, 0.15) is 33.4 Å². The van der Waals surface area contributed by atoms with Crippen molar-refractivity contribution in [3.8, 4) is 0 Å². The van der Waals surface area contributed by atoms with Crippen LogP contribution in [0.2, 0.25) is 0 Å². The molecule has 3 rings (SSSR count). The fourth-order valence-corrected chi connectivity index (χ4v) is 4.14. The molecule has 0 saturated carbocycles. The molecule has 0 saturated heterocycles. The number of hydrogen-bond donors (Lipinski definition) is 1. The zero-order valence-corrected chi connectivity index (χ0v) is 16.2. The lowest BCUT2D eigenvalue weighted by Crippen LogP contribution is -2.21. The quantitative estimate of drug-likeness (QED) is 0.681. The molecule has 2 aromatic heterocycles. The van der Waals surface area contributed by atoms with E-state index in [0.717, 1.165) is 33.5 Å². The van der Waals surface area contributed by atoms with Crippen LogP contribution in [0.25, 0.3) is 10.2 Å². The summed E-state index contributed by atoms with van der Waals surface area (Å²) in [5.74, 6) is -0.618. The van der Waals surface area contributed by atoms with Gasteiger partial charge >= 0.3 is 5.97 Å². The van der Waals surface area contributed by atoms with E-state index >= 15 is 0 Å². The summed E-state index contributed by atoms with van der Waals surface area (Å²) in [5.41, 5.74) is 4.22. The number of thiophene rings is 1. The Hall–Kier alpha value is -2.60. The normalized spacial score (nSPS) is 10.9. The smallest absolute Gasteiger partial charge is 0.354 e. The number of nitrogens with zero attached hydrogens (tertiary/aromatic N) is 1. The first-order valence-corrected chi connectivity index (χ1v) is 9.31. The molecule has 0 bridgehead atoms. The average Bonchev–Trinajstić information content (AvgIpc) is 3.12. The van der Waals surface area contributed by atoms with Crippen molar-refractivity contribution < 1.29 is 14.3 Å². The van der Waals surface area contributed by atoms with E-state index in [4.69, 9.17) is 4.74 Å². The maximum absolute atomic E-state index is 12.6. The van der Waals surface area contributed by atoms with Crippen molar-refractivity contribution in [1.29, 1.82) is 0 Å². The van der Waals surface area contributed by atoms with Crippen LogP contribution in [0.3, 0.4) is 0 Å². The van der Waals surface area contributed by atoms with Gasteiger partial charge in [-0.05, 0) is 55.7 Å². The molecule has 26 heavy (non-hydrogen) atoms. The van der Waals surface area contributed by atoms with E-state index in [-0.39, 0.29) is 12.5 Å². The van der Waals surface area contributed by atoms with Gasteiger partial charge in [-0.2, -0.15) is 0 Å². The van der Waals surface area contributed by atoms with Crippen LogP contribution in [0.15, 0.2) is 30.3 Å². The number of esters is 1. The van der Waals surface area contributed by atoms with Gasteiger partial charge in [0.2, 0.25) is 5.91 Å². The molecule has 6 heteroatoms. The number of benzene rings is 1. The van der Waals surface area contributed by atoms with Crippen molar-refractivity contribution in [2.45, 2.75) is 33.7 Å². The van der Waals surface area contributed by atoms with Crippen LogP contribution < -0.4 is 5.32 Å². The van der Waals surface area contributed by atoms with Gasteiger partial charge < -0.3 is 14.6 Å². The molecule has 136 valence electrons. The number of ether oxygens (including phenoxy) is 1. The van der Waals surface area contributed by atoms with Gasteiger partial charge in [-0.1, -0.05) is 13.0 Å². The van der Waals surface area contributed by atoms with Crippen molar-refractivity contribution in [3.05, 3.63) is 52.0 Å². The number of amides is 1. The van der Waals surface area contributed by atoms with Crippen LogP contribution in [-0.2, 0) is 22.5 Å². The first kappa shape index (κ1) is 18.2. The fraction of sp³-hybridized carbons (Fsp3) is 0.300. The third-order valence-electron chi connectivity index (χ3n) is 4.19. The molecule has 1 N–H and O–H groups in total. The second-order valence-corrected chi connectivity index (χ2v) is 7.52. The van der Waals surface area contributed by atoms with Crippen LogP contribution in [-0.4, -0.2) is 23.6 Å². The summed E-state index contributed by atoms with van der Waals surface area (Å²) < 4.78 is 7.60. The van der Waals surface area contributed by atoms with E-state index in [2.05, 4.69) is 18.3 Å². The van der Waals surface area contributed by atoms with E-state index in [0.29, 0.717) is 5.69 Å². The first-order valence-electron chi connectivity index (χ1n) is 8.49. The third kappa shape index (κ3) is 3.65. The number of aryl methyl sites for hydroxylation is 3. The fourth-order valence-electron chi connectivity index (χ4n) is 3.10. The lowest BCUT2D eigenvalue weighted by molar-refractivity contribution is -0.116. The summed E-state index contributed by atoms with van der Waals surface area (Å²) in [6, 6.07) is 9.75. The van der Waals surface area contributed by atoms with E-state index < -0.39 is 5.97 Å². The van der Waals surface area contributed by atoms with Crippen LogP contribution >= 0.6 is 11.3 Å². The SMILES string of the molecule is CCc1cc2c(cc(C(=O)OC)n2CC(=O)Nc2cc(C)cc(C)c2)s1. The summed E-state index contributed by atoms with van der Waals surface area (Å²) in [7, 11) is 1.35. The number of hydrogen-bond acceptors (Lipinski definition) is 4. The van der Waals surface area contributed by atoms with Crippen molar-refractivity contribution in [3.63, 3.8) is 0 Å². The molecule has 0 aliphatic heterocycles. The maximum atomic E-state index is 12.6. The molecule has 0 unspecified atom stereocenters. The molecule has 0 fully saturated rings. The molecule has 0 radical (unpaired) electrons. The molecular weight excluding hydrogens is 348 g/mol.